The highest BCUT2D eigenvalue weighted by molar-refractivity contribution is 5.77. The molecule has 0 radical (unpaired) electrons. The van der Waals surface area contributed by atoms with E-state index in [4.69, 9.17) is 0 Å². The van der Waals surface area contributed by atoms with Gasteiger partial charge in [0.15, 0.2) is 5.82 Å². The number of hydrogen-bond acceptors (Lipinski definition) is 5. The van der Waals surface area contributed by atoms with Crippen LogP contribution in [-0.4, -0.2) is 63.6 Å². The molecule has 0 atom stereocenters. The highest BCUT2D eigenvalue weighted by Gasteiger charge is 2.12. The van der Waals surface area contributed by atoms with Gasteiger partial charge < -0.3 is 4.90 Å². The van der Waals surface area contributed by atoms with Gasteiger partial charge >= 0.3 is 0 Å². The van der Waals surface area contributed by atoms with E-state index in [1.807, 2.05) is 11.9 Å². The molecule has 1 aromatic heterocycles. The summed E-state index contributed by atoms with van der Waals surface area (Å²) < 4.78 is 1.77. The molecule has 0 saturated heterocycles. The summed E-state index contributed by atoms with van der Waals surface area (Å²) in [6, 6.07) is 0. The first kappa shape index (κ1) is 13.6. The molecule has 0 aliphatic heterocycles. The number of carbonyl (C=O) groups excluding carboxylic acids is 1. The zero-order chi connectivity index (χ0) is 12.8. The number of hydrogen-bond donors (Lipinski definition) is 0. The lowest BCUT2D eigenvalue weighted by atomic mass is 10.4. The first-order valence-corrected chi connectivity index (χ1v) is 5.68. The van der Waals surface area contributed by atoms with E-state index >= 15 is 0 Å². The largest absolute Gasteiger partial charge is 0.348 e. The molecule has 0 spiro atoms. The summed E-state index contributed by atoms with van der Waals surface area (Å²) >= 11 is 0. The summed E-state index contributed by atoms with van der Waals surface area (Å²) in [4.78, 5) is 15.0. The zero-order valence-electron chi connectivity index (χ0n) is 10.9. The monoisotopic (exact) mass is 240 g/mol. The van der Waals surface area contributed by atoms with Crippen molar-refractivity contribution < 1.29 is 4.79 Å². The maximum Gasteiger partial charge on any atom is 0.236 e. The van der Waals surface area contributed by atoms with E-state index in [2.05, 4.69) is 22.4 Å². The fourth-order valence-corrected chi connectivity index (χ4v) is 1.39. The van der Waals surface area contributed by atoms with Gasteiger partial charge in [-0.05, 0) is 23.9 Å². The van der Waals surface area contributed by atoms with E-state index in [0.717, 1.165) is 18.8 Å². The predicted molar refractivity (Wildman–Crippen MR) is 63.1 cm³/mol. The van der Waals surface area contributed by atoms with Gasteiger partial charge in [0, 0.05) is 20.6 Å². The van der Waals surface area contributed by atoms with Crippen molar-refractivity contribution in [3.05, 3.63) is 5.82 Å². The van der Waals surface area contributed by atoms with Gasteiger partial charge in [0.25, 0.3) is 0 Å². The lowest BCUT2D eigenvalue weighted by molar-refractivity contribution is -0.129. The van der Waals surface area contributed by atoms with Crippen molar-refractivity contribution >= 4 is 5.91 Å². The topological polar surface area (TPSA) is 67.2 Å². The van der Waals surface area contributed by atoms with E-state index in [9.17, 15) is 4.79 Å². The Bertz CT molecular complexity index is 361. The Balaban J connectivity index is 2.52. The van der Waals surface area contributed by atoms with Crippen LogP contribution in [0.2, 0.25) is 0 Å². The number of nitrogens with zero attached hydrogens (tertiary/aromatic N) is 6. The number of rotatable bonds is 6. The molecule has 17 heavy (non-hydrogen) atoms. The number of amides is 1. The van der Waals surface area contributed by atoms with E-state index < -0.39 is 0 Å². The molecule has 0 aromatic carbocycles. The van der Waals surface area contributed by atoms with Crippen LogP contribution < -0.4 is 0 Å². The van der Waals surface area contributed by atoms with Crippen molar-refractivity contribution in [2.45, 2.75) is 26.4 Å². The second-order valence-corrected chi connectivity index (χ2v) is 4.28. The molecular formula is C10H20N6O. The Morgan fingerprint density at radius 2 is 2.06 bits per heavy atom. The number of aromatic nitrogens is 4. The van der Waals surface area contributed by atoms with Gasteiger partial charge in [0.1, 0.15) is 0 Å². The van der Waals surface area contributed by atoms with Crippen LogP contribution in [0.25, 0.3) is 0 Å². The fourth-order valence-electron chi connectivity index (χ4n) is 1.39. The average Bonchev–Trinajstić information content (AvgIpc) is 2.66. The van der Waals surface area contributed by atoms with Crippen LogP contribution in [0, 0.1) is 0 Å². The molecule has 1 amide bonds. The van der Waals surface area contributed by atoms with Crippen LogP contribution >= 0.6 is 0 Å². The molecule has 1 rings (SSSR count). The van der Waals surface area contributed by atoms with Gasteiger partial charge in [0.2, 0.25) is 5.91 Å². The minimum Gasteiger partial charge on any atom is -0.348 e. The summed E-state index contributed by atoms with van der Waals surface area (Å²) in [5, 5.41) is 11.5. The zero-order valence-corrected chi connectivity index (χ0v) is 10.9. The van der Waals surface area contributed by atoms with E-state index in [0.29, 0.717) is 13.1 Å². The molecular weight excluding hydrogens is 220 g/mol. The van der Waals surface area contributed by atoms with Crippen molar-refractivity contribution in [1.29, 1.82) is 0 Å². The number of tetrazole rings is 1. The van der Waals surface area contributed by atoms with Crippen LogP contribution in [0.4, 0.5) is 0 Å². The van der Waals surface area contributed by atoms with Crippen molar-refractivity contribution in [1.82, 2.24) is 30.0 Å². The van der Waals surface area contributed by atoms with Crippen LogP contribution in [-0.2, 0) is 17.9 Å². The van der Waals surface area contributed by atoms with E-state index in [-0.39, 0.29) is 5.91 Å². The van der Waals surface area contributed by atoms with Crippen LogP contribution in [0.1, 0.15) is 19.2 Å². The Kier molecular flexibility index (Phi) is 5.02. The summed E-state index contributed by atoms with van der Waals surface area (Å²) in [5.74, 6) is 0.864. The second-order valence-electron chi connectivity index (χ2n) is 4.28. The molecule has 7 nitrogen and oxygen atoms in total. The van der Waals surface area contributed by atoms with Gasteiger partial charge in [-0.25, -0.2) is 4.68 Å². The minimum absolute atomic E-state index is 0.0713. The third-order valence-corrected chi connectivity index (χ3v) is 2.36. The fraction of sp³-hybridized carbons (Fsp3) is 0.800. The standard InChI is InChI=1S/C10H20N6O/c1-5-6-16-9(11-12-13-16)7-15(4)8-10(17)14(2)3/h5-8H2,1-4H3. The molecule has 1 aromatic rings. The quantitative estimate of drug-likeness (QED) is 0.677. The summed E-state index contributed by atoms with van der Waals surface area (Å²) in [7, 11) is 5.38. The molecule has 96 valence electrons. The van der Waals surface area contributed by atoms with Gasteiger partial charge in [-0.1, -0.05) is 6.92 Å². The van der Waals surface area contributed by atoms with Gasteiger partial charge in [-0.2, -0.15) is 0 Å². The molecule has 0 saturated carbocycles. The van der Waals surface area contributed by atoms with E-state index in [1.165, 1.54) is 0 Å². The van der Waals surface area contributed by atoms with Crippen molar-refractivity contribution in [3.63, 3.8) is 0 Å². The normalized spacial score (nSPS) is 10.9. The summed E-state index contributed by atoms with van der Waals surface area (Å²) in [5.41, 5.74) is 0. The molecule has 0 aliphatic carbocycles. The number of carbonyl (C=O) groups is 1. The molecule has 1 heterocycles. The maximum atomic E-state index is 11.5. The van der Waals surface area contributed by atoms with Gasteiger partial charge in [-0.3, -0.25) is 9.69 Å². The van der Waals surface area contributed by atoms with Crippen LogP contribution in [0.5, 0.6) is 0 Å². The molecule has 0 bridgehead atoms. The number of aryl methyl sites for hydroxylation is 1. The highest BCUT2D eigenvalue weighted by atomic mass is 16.2. The first-order chi connectivity index (χ1) is 8.04. The molecule has 0 aliphatic rings. The summed E-state index contributed by atoms with van der Waals surface area (Å²) in [6.45, 7) is 3.82. The predicted octanol–water partition coefficient (Wildman–Crippen LogP) is -0.397. The Hall–Kier alpha value is -1.50. The van der Waals surface area contributed by atoms with Crippen molar-refractivity contribution in [2.24, 2.45) is 0 Å². The smallest absolute Gasteiger partial charge is 0.236 e. The van der Waals surface area contributed by atoms with Gasteiger partial charge in [-0.15, -0.1) is 5.10 Å². The second kappa shape index (κ2) is 6.29. The third-order valence-electron chi connectivity index (χ3n) is 2.36. The molecule has 7 heteroatoms. The lowest BCUT2D eigenvalue weighted by Gasteiger charge is -2.18. The van der Waals surface area contributed by atoms with Crippen molar-refractivity contribution in [2.75, 3.05) is 27.7 Å². The average molecular weight is 240 g/mol. The molecule has 0 unspecified atom stereocenters. The maximum absolute atomic E-state index is 11.5. The van der Waals surface area contributed by atoms with E-state index in [1.54, 1.807) is 23.7 Å². The Morgan fingerprint density at radius 1 is 1.35 bits per heavy atom. The van der Waals surface area contributed by atoms with Crippen LogP contribution in [0.3, 0.4) is 0 Å². The Labute approximate surface area is 101 Å². The lowest BCUT2D eigenvalue weighted by Crippen LogP contribution is -2.34. The van der Waals surface area contributed by atoms with Crippen LogP contribution in [0.15, 0.2) is 0 Å². The highest BCUT2D eigenvalue weighted by Crippen LogP contribution is 1.99. The van der Waals surface area contributed by atoms with Crippen molar-refractivity contribution in [3.8, 4) is 0 Å². The first-order valence-electron chi connectivity index (χ1n) is 5.68. The van der Waals surface area contributed by atoms with Gasteiger partial charge in [0.05, 0.1) is 13.1 Å². The minimum atomic E-state index is 0.0713. The molecule has 0 N–H and O–H groups in total. The molecule has 0 fully saturated rings. The summed E-state index contributed by atoms with van der Waals surface area (Å²) in [6.07, 6.45) is 0.985. The number of likely N-dealkylation sites (N-methyl/N-ethyl adjacent to an activating group) is 2. The third kappa shape index (κ3) is 4.10. The Morgan fingerprint density at radius 3 is 2.65 bits per heavy atom. The SMILES string of the molecule is CCCn1nnnc1CN(C)CC(=O)N(C)C.